The Morgan fingerprint density at radius 1 is 1.60 bits per heavy atom. The number of carbonyl (C=O) groups is 1. The zero-order chi connectivity index (χ0) is 11.4. The van der Waals surface area contributed by atoms with Crippen LogP contribution in [0.2, 0.25) is 5.02 Å². The Bertz CT molecular complexity index is 363. The maximum absolute atomic E-state index is 10.5. The van der Waals surface area contributed by atoms with Crippen molar-refractivity contribution in [3.63, 3.8) is 0 Å². The lowest BCUT2D eigenvalue weighted by molar-refractivity contribution is -0.137. The van der Waals surface area contributed by atoms with Crippen LogP contribution in [-0.4, -0.2) is 18.2 Å². The number of ether oxygens (including phenoxy) is 1. The molecule has 0 bridgehead atoms. The van der Waals surface area contributed by atoms with Crippen LogP contribution in [0.3, 0.4) is 0 Å². The average molecular weight is 229 g/mol. The molecule has 0 saturated carbocycles. The molecule has 0 unspecified atom stereocenters. The highest BCUT2D eigenvalue weighted by Gasteiger charge is 2.11. The molecule has 0 amide bonds. The predicted octanol–water partition coefficient (Wildman–Crippen LogP) is 2.93. The molecule has 0 saturated heterocycles. The molecule has 0 aliphatic rings. The van der Waals surface area contributed by atoms with E-state index < -0.39 is 5.97 Å². The minimum absolute atomic E-state index is 0.0501. The van der Waals surface area contributed by atoms with Crippen molar-refractivity contribution in [2.24, 2.45) is 0 Å². The predicted molar refractivity (Wildman–Crippen MR) is 58.7 cm³/mol. The molecule has 1 rings (SSSR count). The minimum Gasteiger partial charge on any atom is -0.495 e. The van der Waals surface area contributed by atoms with E-state index in [1.165, 1.54) is 0 Å². The fourth-order valence-electron chi connectivity index (χ4n) is 1.37. The first-order valence-corrected chi connectivity index (χ1v) is 4.97. The van der Waals surface area contributed by atoms with Gasteiger partial charge in [0.05, 0.1) is 18.6 Å². The van der Waals surface area contributed by atoms with E-state index in [-0.39, 0.29) is 12.3 Å². The van der Waals surface area contributed by atoms with Crippen molar-refractivity contribution >= 4 is 17.6 Å². The SMILES string of the molecule is COc1ccc([C@@H](C)CC(=O)O)cc1Cl. The molecule has 15 heavy (non-hydrogen) atoms. The molecule has 3 nitrogen and oxygen atoms in total. The molecule has 0 spiro atoms. The highest BCUT2D eigenvalue weighted by molar-refractivity contribution is 6.32. The fourth-order valence-corrected chi connectivity index (χ4v) is 1.64. The van der Waals surface area contributed by atoms with Crippen LogP contribution in [0.4, 0.5) is 0 Å². The van der Waals surface area contributed by atoms with Crippen LogP contribution < -0.4 is 4.74 Å². The third-order valence-corrected chi connectivity index (χ3v) is 2.52. The van der Waals surface area contributed by atoms with E-state index in [1.54, 1.807) is 19.2 Å². The Kier molecular flexibility index (Phi) is 3.97. The molecule has 1 N–H and O–H groups in total. The van der Waals surface area contributed by atoms with Crippen molar-refractivity contribution < 1.29 is 14.6 Å². The molecule has 4 heteroatoms. The van der Waals surface area contributed by atoms with E-state index in [2.05, 4.69) is 0 Å². The smallest absolute Gasteiger partial charge is 0.303 e. The summed E-state index contributed by atoms with van der Waals surface area (Å²) in [6.07, 6.45) is 0.0999. The normalized spacial score (nSPS) is 12.2. The summed E-state index contributed by atoms with van der Waals surface area (Å²) in [5.41, 5.74) is 0.906. The van der Waals surface area contributed by atoms with E-state index in [4.69, 9.17) is 21.4 Å². The van der Waals surface area contributed by atoms with Crippen LogP contribution in [0.1, 0.15) is 24.8 Å². The topological polar surface area (TPSA) is 46.5 Å². The Labute approximate surface area is 93.6 Å². The molecule has 0 radical (unpaired) electrons. The molecule has 82 valence electrons. The first-order valence-electron chi connectivity index (χ1n) is 4.59. The number of carboxylic acid groups (broad SMARTS) is 1. The van der Waals surface area contributed by atoms with Gasteiger partial charge in [0, 0.05) is 0 Å². The molecule has 0 aromatic heterocycles. The van der Waals surface area contributed by atoms with E-state index >= 15 is 0 Å². The monoisotopic (exact) mass is 228 g/mol. The van der Waals surface area contributed by atoms with Crippen molar-refractivity contribution in [2.45, 2.75) is 19.3 Å². The van der Waals surface area contributed by atoms with Crippen LogP contribution in [0.25, 0.3) is 0 Å². The highest BCUT2D eigenvalue weighted by Crippen LogP contribution is 2.29. The van der Waals surface area contributed by atoms with Gasteiger partial charge in [0.2, 0.25) is 0 Å². The van der Waals surface area contributed by atoms with Gasteiger partial charge in [0.15, 0.2) is 0 Å². The second-order valence-electron chi connectivity index (χ2n) is 3.39. The Morgan fingerprint density at radius 3 is 2.73 bits per heavy atom. The van der Waals surface area contributed by atoms with Gasteiger partial charge in [-0.3, -0.25) is 4.79 Å². The number of hydrogen-bond acceptors (Lipinski definition) is 2. The Morgan fingerprint density at radius 2 is 2.27 bits per heavy atom. The second kappa shape index (κ2) is 5.03. The molecule has 0 fully saturated rings. The number of benzene rings is 1. The van der Waals surface area contributed by atoms with Crippen LogP contribution in [0.5, 0.6) is 5.75 Å². The lowest BCUT2D eigenvalue weighted by Crippen LogP contribution is -2.02. The van der Waals surface area contributed by atoms with Gasteiger partial charge in [-0.15, -0.1) is 0 Å². The zero-order valence-corrected chi connectivity index (χ0v) is 9.41. The van der Waals surface area contributed by atoms with Gasteiger partial charge in [-0.2, -0.15) is 0 Å². The van der Waals surface area contributed by atoms with Crippen LogP contribution >= 0.6 is 11.6 Å². The molecule has 1 atom stereocenters. The molecule has 1 aromatic carbocycles. The summed E-state index contributed by atoms with van der Waals surface area (Å²) in [6.45, 7) is 1.85. The standard InChI is InChI=1S/C11H13ClO3/c1-7(5-11(13)14)8-3-4-10(15-2)9(12)6-8/h3-4,6-7H,5H2,1-2H3,(H,13,14)/t7-/m0/s1. The number of aliphatic carboxylic acids is 1. The van der Waals surface area contributed by atoms with Crippen molar-refractivity contribution in [1.82, 2.24) is 0 Å². The van der Waals surface area contributed by atoms with E-state index in [9.17, 15) is 4.79 Å². The molecule has 0 aliphatic carbocycles. The van der Waals surface area contributed by atoms with E-state index in [0.717, 1.165) is 5.56 Å². The van der Waals surface area contributed by atoms with Crippen LogP contribution in [-0.2, 0) is 4.79 Å². The lowest BCUT2D eigenvalue weighted by Gasteiger charge is -2.11. The van der Waals surface area contributed by atoms with Crippen molar-refractivity contribution in [3.05, 3.63) is 28.8 Å². The van der Waals surface area contributed by atoms with E-state index in [1.807, 2.05) is 13.0 Å². The zero-order valence-electron chi connectivity index (χ0n) is 8.66. The maximum Gasteiger partial charge on any atom is 0.303 e. The summed E-state index contributed by atoms with van der Waals surface area (Å²) in [6, 6.07) is 5.32. The summed E-state index contributed by atoms with van der Waals surface area (Å²) in [7, 11) is 1.54. The lowest BCUT2D eigenvalue weighted by atomic mass is 9.98. The molecular weight excluding hydrogens is 216 g/mol. The summed E-state index contributed by atoms with van der Waals surface area (Å²) in [4.78, 5) is 10.5. The Balaban J connectivity index is 2.87. The third-order valence-electron chi connectivity index (χ3n) is 2.23. The summed E-state index contributed by atoms with van der Waals surface area (Å²) >= 11 is 5.94. The highest BCUT2D eigenvalue weighted by atomic mass is 35.5. The fraction of sp³-hybridized carbons (Fsp3) is 0.364. The quantitative estimate of drug-likeness (QED) is 0.862. The van der Waals surface area contributed by atoms with Crippen molar-refractivity contribution in [3.8, 4) is 5.75 Å². The van der Waals surface area contributed by atoms with Gasteiger partial charge < -0.3 is 9.84 Å². The summed E-state index contributed by atoms with van der Waals surface area (Å²) < 4.78 is 5.01. The van der Waals surface area contributed by atoms with Gasteiger partial charge in [-0.25, -0.2) is 0 Å². The van der Waals surface area contributed by atoms with Crippen molar-refractivity contribution in [1.29, 1.82) is 0 Å². The number of rotatable bonds is 4. The number of carboxylic acids is 1. The third kappa shape index (κ3) is 3.13. The van der Waals surface area contributed by atoms with Gasteiger partial charge in [0.1, 0.15) is 5.75 Å². The van der Waals surface area contributed by atoms with Crippen LogP contribution in [0.15, 0.2) is 18.2 Å². The average Bonchev–Trinajstić information content (AvgIpc) is 2.16. The Hall–Kier alpha value is -1.22. The first-order chi connectivity index (χ1) is 7.04. The summed E-state index contributed by atoms with van der Waals surface area (Å²) in [5.74, 6) is -0.261. The first kappa shape index (κ1) is 11.9. The second-order valence-corrected chi connectivity index (χ2v) is 3.80. The van der Waals surface area contributed by atoms with Gasteiger partial charge in [-0.1, -0.05) is 24.6 Å². The largest absolute Gasteiger partial charge is 0.495 e. The summed E-state index contributed by atoms with van der Waals surface area (Å²) in [5, 5.41) is 9.16. The molecule has 0 aliphatic heterocycles. The molecular formula is C11H13ClO3. The van der Waals surface area contributed by atoms with Crippen LogP contribution in [0, 0.1) is 0 Å². The number of hydrogen-bond donors (Lipinski definition) is 1. The van der Waals surface area contributed by atoms with E-state index in [0.29, 0.717) is 10.8 Å². The van der Waals surface area contributed by atoms with Crippen molar-refractivity contribution in [2.75, 3.05) is 7.11 Å². The number of methoxy groups -OCH3 is 1. The van der Waals surface area contributed by atoms with Gasteiger partial charge >= 0.3 is 5.97 Å². The molecule has 0 heterocycles. The maximum atomic E-state index is 10.5. The minimum atomic E-state index is -0.811. The molecule has 1 aromatic rings. The number of halogens is 1. The van der Waals surface area contributed by atoms with Gasteiger partial charge in [-0.05, 0) is 23.6 Å². The van der Waals surface area contributed by atoms with Gasteiger partial charge in [0.25, 0.3) is 0 Å².